The summed E-state index contributed by atoms with van der Waals surface area (Å²) in [4.78, 5) is 12.1. The largest absolute Gasteiger partial charge is 0.472 e. The molecule has 3 atom stereocenters. The van der Waals surface area contributed by atoms with E-state index in [2.05, 4.69) is 27.4 Å². The van der Waals surface area contributed by atoms with Gasteiger partial charge in [0.05, 0.1) is 12.5 Å². The summed E-state index contributed by atoms with van der Waals surface area (Å²) in [6.45, 7) is 11.7. The van der Waals surface area contributed by atoms with Crippen molar-refractivity contribution in [1.82, 2.24) is 0 Å². The van der Waals surface area contributed by atoms with Crippen molar-refractivity contribution >= 4 is 0 Å². The van der Waals surface area contributed by atoms with Gasteiger partial charge in [-0.2, -0.15) is 0 Å². The van der Waals surface area contributed by atoms with Gasteiger partial charge in [0.15, 0.2) is 5.43 Å². The van der Waals surface area contributed by atoms with E-state index in [1.807, 2.05) is 0 Å². The maximum Gasteiger partial charge on any atom is 0.187 e. The van der Waals surface area contributed by atoms with E-state index in [4.69, 9.17) is 4.42 Å². The summed E-state index contributed by atoms with van der Waals surface area (Å²) < 4.78 is 5.25. The maximum absolute atomic E-state index is 12.1. The summed E-state index contributed by atoms with van der Waals surface area (Å²) >= 11 is 0. The van der Waals surface area contributed by atoms with Crippen LogP contribution < -0.4 is 5.43 Å². The van der Waals surface area contributed by atoms with Crippen LogP contribution in [0.2, 0.25) is 0 Å². The zero-order chi connectivity index (χ0) is 16.0. The van der Waals surface area contributed by atoms with Crippen LogP contribution in [0.15, 0.2) is 40.0 Å². The fourth-order valence-corrected chi connectivity index (χ4v) is 5.41. The number of hydrogen-bond acceptors (Lipinski definition) is 2. The average molecular weight is 300 g/mol. The third-order valence-electron chi connectivity index (χ3n) is 6.57. The quantitative estimate of drug-likeness (QED) is 0.721. The van der Waals surface area contributed by atoms with Crippen LogP contribution >= 0.6 is 0 Å². The number of rotatable bonds is 2. The second kappa shape index (κ2) is 5.40. The van der Waals surface area contributed by atoms with Gasteiger partial charge in [0.2, 0.25) is 0 Å². The molecule has 22 heavy (non-hydrogen) atoms. The monoisotopic (exact) mass is 300 g/mol. The molecule has 0 bridgehead atoms. The first-order valence-corrected chi connectivity index (χ1v) is 8.58. The third kappa shape index (κ3) is 2.47. The van der Waals surface area contributed by atoms with Crippen molar-refractivity contribution in [2.24, 2.45) is 22.7 Å². The molecule has 1 heterocycles. The van der Waals surface area contributed by atoms with E-state index in [9.17, 15) is 4.79 Å². The van der Waals surface area contributed by atoms with E-state index in [1.54, 1.807) is 6.26 Å². The highest BCUT2D eigenvalue weighted by atomic mass is 16.3. The fourth-order valence-electron chi connectivity index (χ4n) is 5.41. The van der Waals surface area contributed by atoms with Gasteiger partial charge in [-0.15, -0.1) is 0 Å². The summed E-state index contributed by atoms with van der Waals surface area (Å²) in [5.74, 6) is 1.12. The molecule has 2 heteroatoms. The molecule has 0 radical (unpaired) electrons. The van der Waals surface area contributed by atoms with Gasteiger partial charge < -0.3 is 4.42 Å². The highest BCUT2D eigenvalue weighted by Gasteiger charge is 2.52. The van der Waals surface area contributed by atoms with E-state index in [-0.39, 0.29) is 10.8 Å². The van der Waals surface area contributed by atoms with Crippen LogP contribution in [0, 0.1) is 22.7 Å². The predicted octanol–water partition coefficient (Wildman–Crippen LogP) is 4.98. The molecule has 0 aliphatic heterocycles. The molecule has 0 spiro atoms. The lowest BCUT2D eigenvalue weighted by Gasteiger charge is -2.58. The molecule has 3 rings (SSSR count). The minimum absolute atomic E-state index is 0.0971. The lowest BCUT2D eigenvalue weighted by atomic mass is 9.47. The second-order valence-electron chi connectivity index (χ2n) is 8.30. The van der Waals surface area contributed by atoms with Crippen LogP contribution in [0.1, 0.15) is 58.4 Å². The van der Waals surface area contributed by atoms with Crippen molar-refractivity contribution in [2.75, 3.05) is 0 Å². The molecule has 0 aromatic carbocycles. The zero-order valence-electron chi connectivity index (χ0n) is 14.2. The number of fused-ring (bicyclic) bond motifs is 1. The van der Waals surface area contributed by atoms with E-state index in [1.165, 1.54) is 43.6 Å². The highest BCUT2D eigenvalue weighted by molar-refractivity contribution is 5.20. The van der Waals surface area contributed by atoms with E-state index >= 15 is 0 Å². The molecule has 3 unspecified atom stereocenters. The van der Waals surface area contributed by atoms with Crippen molar-refractivity contribution in [1.29, 1.82) is 0 Å². The molecule has 2 aliphatic rings. The molecule has 2 fully saturated rings. The Bertz CT molecular complexity index is 625. The van der Waals surface area contributed by atoms with Crippen molar-refractivity contribution in [3.05, 3.63) is 46.5 Å². The molecule has 0 amide bonds. The van der Waals surface area contributed by atoms with Gasteiger partial charge in [0.25, 0.3) is 0 Å². The zero-order valence-corrected chi connectivity index (χ0v) is 14.2. The van der Waals surface area contributed by atoms with Crippen LogP contribution in [0.4, 0.5) is 0 Å². The Hall–Kier alpha value is -1.31. The second-order valence-corrected chi connectivity index (χ2v) is 8.30. The summed E-state index contributed by atoms with van der Waals surface area (Å²) in [5, 5.41) is 0. The van der Waals surface area contributed by atoms with Gasteiger partial charge in [0, 0.05) is 11.6 Å². The van der Waals surface area contributed by atoms with Crippen LogP contribution in [0.3, 0.4) is 0 Å². The molecular formula is C20H28O2. The van der Waals surface area contributed by atoms with Crippen LogP contribution in [0.5, 0.6) is 0 Å². The summed E-state index contributed by atoms with van der Waals surface area (Å²) in [6, 6.07) is 1.53. The van der Waals surface area contributed by atoms with Crippen molar-refractivity contribution in [2.45, 2.75) is 59.3 Å². The van der Waals surface area contributed by atoms with Gasteiger partial charge >= 0.3 is 0 Å². The maximum atomic E-state index is 12.1. The first-order valence-electron chi connectivity index (χ1n) is 8.58. The molecule has 2 nitrogen and oxygen atoms in total. The van der Waals surface area contributed by atoms with Crippen LogP contribution in [-0.4, -0.2) is 0 Å². The molecule has 2 aliphatic carbocycles. The normalized spacial score (nSPS) is 34.2. The lowest BCUT2D eigenvalue weighted by Crippen LogP contribution is -2.50. The number of hydrogen-bond donors (Lipinski definition) is 0. The van der Waals surface area contributed by atoms with Crippen LogP contribution in [0.25, 0.3) is 0 Å². The minimum atomic E-state index is 0.0971. The lowest BCUT2D eigenvalue weighted by molar-refractivity contribution is -0.0518. The summed E-state index contributed by atoms with van der Waals surface area (Å²) in [5.41, 5.74) is 2.89. The topological polar surface area (TPSA) is 30.2 Å². The predicted molar refractivity (Wildman–Crippen MR) is 89.8 cm³/mol. The smallest absolute Gasteiger partial charge is 0.187 e. The Labute approximate surface area is 133 Å². The summed E-state index contributed by atoms with van der Waals surface area (Å²) in [6.07, 6.45) is 10.1. The van der Waals surface area contributed by atoms with Gasteiger partial charge in [-0.25, -0.2) is 0 Å². The molecule has 0 N–H and O–H groups in total. The molecule has 0 saturated heterocycles. The summed E-state index contributed by atoms with van der Waals surface area (Å²) in [7, 11) is 0. The first kappa shape index (κ1) is 15.6. The minimum Gasteiger partial charge on any atom is -0.472 e. The average Bonchev–Trinajstić information content (AvgIpc) is 2.44. The van der Waals surface area contributed by atoms with Gasteiger partial charge in [-0.3, -0.25) is 4.79 Å². The molecule has 120 valence electrons. The Balaban J connectivity index is 1.96. The first-order chi connectivity index (χ1) is 10.3. The van der Waals surface area contributed by atoms with Crippen molar-refractivity contribution < 1.29 is 4.42 Å². The molecule has 1 aromatic rings. The number of allylic oxidation sites excluding steroid dienone is 1. The van der Waals surface area contributed by atoms with Gasteiger partial charge in [0.1, 0.15) is 0 Å². The fraction of sp³-hybridized carbons (Fsp3) is 0.650. The van der Waals surface area contributed by atoms with Crippen molar-refractivity contribution in [3.8, 4) is 0 Å². The molecule has 2 saturated carbocycles. The standard InChI is InChI=1S/C20H28O2/c1-14-6-7-18-19(2,3)9-5-10-20(18,4)16(14)12-15-13-22-11-8-17(15)21/h8,11,13,16,18H,1,5-7,9-10,12H2,2-4H3. The Morgan fingerprint density at radius 3 is 2.82 bits per heavy atom. The van der Waals surface area contributed by atoms with Gasteiger partial charge in [-0.1, -0.05) is 39.3 Å². The van der Waals surface area contributed by atoms with E-state index in [0.717, 1.165) is 24.3 Å². The highest BCUT2D eigenvalue weighted by Crippen LogP contribution is 2.61. The Morgan fingerprint density at radius 2 is 2.09 bits per heavy atom. The Morgan fingerprint density at radius 1 is 1.32 bits per heavy atom. The van der Waals surface area contributed by atoms with Gasteiger partial charge in [-0.05, 0) is 54.8 Å². The molecule has 1 aromatic heterocycles. The van der Waals surface area contributed by atoms with E-state index < -0.39 is 0 Å². The van der Waals surface area contributed by atoms with E-state index in [0.29, 0.717) is 11.3 Å². The third-order valence-corrected chi connectivity index (χ3v) is 6.57. The Kier molecular flexibility index (Phi) is 3.82. The van der Waals surface area contributed by atoms with Crippen LogP contribution in [-0.2, 0) is 6.42 Å². The molecular weight excluding hydrogens is 272 g/mol. The SMILES string of the molecule is C=C1CCC2C(C)(C)CCCC2(C)C1Cc1coccc1=O. The van der Waals surface area contributed by atoms with Crippen molar-refractivity contribution in [3.63, 3.8) is 0 Å².